The lowest BCUT2D eigenvalue weighted by atomic mass is 10.2. The average Bonchev–Trinajstić information content (AvgIpc) is 2.56. The standard InChI is InChI=1S/C19H15Cl2NO2/c1-13-10-15(24-12-14-6-3-2-4-7-14)11-18(23)22(13)19-16(20)8-5-9-17(19)21/h2-11H,12H2,1H3. The molecule has 3 aromatic rings. The van der Waals surface area contributed by atoms with Crippen LogP contribution in [0.5, 0.6) is 5.75 Å². The average molecular weight is 360 g/mol. The Morgan fingerprint density at radius 3 is 2.25 bits per heavy atom. The molecule has 0 saturated heterocycles. The van der Waals surface area contributed by atoms with E-state index >= 15 is 0 Å². The number of para-hydroxylation sites is 1. The molecule has 3 nitrogen and oxygen atoms in total. The number of rotatable bonds is 4. The molecular formula is C19H15Cl2NO2. The minimum absolute atomic E-state index is 0.243. The van der Waals surface area contributed by atoms with Gasteiger partial charge in [-0.2, -0.15) is 0 Å². The molecule has 2 aromatic carbocycles. The van der Waals surface area contributed by atoms with Crippen molar-refractivity contribution in [2.45, 2.75) is 13.5 Å². The van der Waals surface area contributed by atoms with Gasteiger partial charge in [0.15, 0.2) is 0 Å². The summed E-state index contributed by atoms with van der Waals surface area (Å²) >= 11 is 12.4. The molecule has 0 saturated carbocycles. The van der Waals surface area contributed by atoms with E-state index in [0.29, 0.717) is 33.8 Å². The second kappa shape index (κ2) is 7.12. The zero-order chi connectivity index (χ0) is 17.1. The monoisotopic (exact) mass is 359 g/mol. The summed E-state index contributed by atoms with van der Waals surface area (Å²) in [5.74, 6) is 0.515. The fourth-order valence-electron chi connectivity index (χ4n) is 2.49. The second-order valence-corrected chi connectivity index (χ2v) is 6.17. The Bertz CT molecular complexity index is 900. The number of ether oxygens (including phenoxy) is 1. The van der Waals surface area contributed by atoms with Crippen LogP contribution in [-0.4, -0.2) is 4.57 Å². The Morgan fingerprint density at radius 2 is 1.62 bits per heavy atom. The predicted octanol–water partition coefficient (Wildman–Crippen LogP) is 5.03. The van der Waals surface area contributed by atoms with Crippen molar-refractivity contribution >= 4 is 23.2 Å². The highest BCUT2D eigenvalue weighted by Gasteiger charge is 2.13. The second-order valence-electron chi connectivity index (χ2n) is 5.35. The smallest absolute Gasteiger partial charge is 0.259 e. The molecule has 0 N–H and O–H groups in total. The molecule has 5 heteroatoms. The van der Waals surface area contributed by atoms with E-state index in [0.717, 1.165) is 5.56 Å². The van der Waals surface area contributed by atoms with E-state index in [9.17, 15) is 4.79 Å². The highest BCUT2D eigenvalue weighted by atomic mass is 35.5. The van der Waals surface area contributed by atoms with Crippen LogP contribution in [0.1, 0.15) is 11.3 Å². The van der Waals surface area contributed by atoms with Crippen LogP contribution < -0.4 is 10.3 Å². The molecule has 0 atom stereocenters. The lowest BCUT2D eigenvalue weighted by Crippen LogP contribution is -2.20. The molecule has 0 aliphatic heterocycles. The third-order valence-electron chi connectivity index (χ3n) is 3.60. The minimum Gasteiger partial charge on any atom is -0.489 e. The molecule has 0 amide bonds. The summed E-state index contributed by atoms with van der Waals surface area (Å²) in [5, 5.41) is 0.844. The maximum atomic E-state index is 12.5. The Morgan fingerprint density at radius 1 is 0.958 bits per heavy atom. The number of halogens is 2. The number of benzene rings is 2. The molecule has 0 aliphatic rings. The minimum atomic E-state index is -0.243. The van der Waals surface area contributed by atoms with E-state index in [2.05, 4.69) is 0 Å². The van der Waals surface area contributed by atoms with Gasteiger partial charge in [-0.1, -0.05) is 59.6 Å². The van der Waals surface area contributed by atoms with Crippen LogP contribution in [0.4, 0.5) is 0 Å². The van der Waals surface area contributed by atoms with E-state index in [1.54, 1.807) is 24.3 Å². The van der Waals surface area contributed by atoms with E-state index < -0.39 is 0 Å². The maximum absolute atomic E-state index is 12.5. The summed E-state index contributed by atoms with van der Waals surface area (Å²) < 4.78 is 7.21. The quantitative estimate of drug-likeness (QED) is 0.653. The third-order valence-corrected chi connectivity index (χ3v) is 4.21. The number of pyridine rings is 1. The van der Waals surface area contributed by atoms with Crippen LogP contribution in [0.15, 0.2) is 65.5 Å². The molecule has 0 spiro atoms. The fraction of sp³-hybridized carbons (Fsp3) is 0.105. The van der Waals surface area contributed by atoms with Crippen molar-refractivity contribution in [1.82, 2.24) is 4.57 Å². The normalized spacial score (nSPS) is 10.6. The van der Waals surface area contributed by atoms with Gasteiger partial charge >= 0.3 is 0 Å². The van der Waals surface area contributed by atoms with Gasteiger partial charge < -0.3 is 4.74 Å². The summed E-state index contributed by atoms with van der Waals surface area (Å²) in [6, 6.07) is 18.2. The molecule has 24 heavy (non-hydrogen) atoms. The van der Waals surface area contributed by atoms with Gasteiger partial charge in [0.2, 0.25) is 0 Å². The fourth-order valence-corrected chi connectivity index (χ4v) is 3.05. The highest BCUT2D eigenvalue weighted by Crippen LogP contribution is 2.28. The van der Waals surface area contributed by atoms with Crippen molar-refractivity contribution in [2.24, 2.45) is 0 Å². The van der Waals surface area contributed by atoms with Crippen LogP contribution in [-0.2, 0) is 6.61 Å². The van der Waals surface area contributed by atoms with Gasteiger partial charge in [0.25, 0.3) is 5.56 Å². The summed E-state index contributed by atoms with van der Waals surface area (Å²) in [7, 11) is 0. The summed E-state index contributed by atoms with van der Waals surface area (Å²) in [6.45, 7) is 2.22. The first-order chi connectivity index (χ1) is 11.6. The Kier molecular flexibility index (Phi) is 4.93. The molecular weight excluding hydrogens is 345 g/mol. The van der Waals surface area contributed by atoms with Gasteiger partial charge in [-0.3, -0.25) is 9.36 Å². The van der Waals surface area contributed by atoms with Crippen molar-refractivity contribution in [3.63, 3.8) is 0 Å². The van der Waals surface area contributed by atoms with Crippen molar-refractivity contribution in [2.75, 3.05) is 0 Å². The molecule has 0 unspecified atom stereocenters. The molecule has 0 radical (unpaired) electrons. The number of hydrogen-bond acceptors (Lipinski definition) is 2. The van der Waals surface area contributed by atoms with Crippen molar-refractivity contribution in [3.05, 3.63) is 92.3 Å². The molecule has 122 valence electrons. The van der Waals surface area contributed by atoms with Crippen LogP contribution in [0, 0.1) is 6.92 Å². The molecule has 0 fully saturated rings. The van der Waals surface area contributed by atoms with Crippen LogP contribution in [0.3, 0.4) is 0 Å². The van der Waals surface area contributed by atoms with Gasteiger partial charge in [0.1, 0.15) is 12.4 Å². The summed E-state index contributed by atoms with van der Waals surface area (Å²) in [6.07, 6.45) is 0. The Balaban J connectivity index is 1.94. The zero-order valence-electron chi connectivity index (χ0n) is 13.0. The van der Waals surface area contributed by atoms with E-state index in [4.69, 9.17) is 27.9 Å². The third kappa shape index (κ3) is 3.48. The van der Waals surface area contributed by atoms with Gasteiger partial charge in [0, 0.05) is 17.8 Å². The lowest BCUT2D eigenvalue weighted by molar-refractivity contribution is 0.305. The van der Waals surface area contributed by atoms with Crippen LogP contribution in [0.2, 0.25) is 10.0 Å². The molecule has 3 rings (SSSR count). The number of aromatic nitrogens is 1. The number of hydrogen-bond donors (Lipinski definition) is 0. The van der Waals surface area contributed by atoms with Gasteiger partial charge in [-0.25, -0.2) is 0 Å². The first kappa shape index (κ1) is 16.6. The molecule has 0 bridgehead atoms. The lowest BCUT2D eigenvalue weighted by Gasteiger charge is -2.15. The first-order valence-electron chi connectivity index (χ1n) is 7.41. The van der Waals surface area contributed by atoms with Gasteiger partial charge in [0.05, 0.1) is 15.7 Å². The summed E-state index contributed by atoms with van der Waals surface area (Å²) in [4.78, 5) is 12.5. The zero-order valence-corrected chi connectivity index (χ0v) is 14.5. The van der Waals surface area contributed by atoms with Gasteiger partial charge in [-0.15, -0.1) is 0 Å². The van der Waals surface area contributed by atoms with Crippen molar-refractivity contribution < 1.29 is 4.74 Å². The maximum Gasteiger partial charge on any atom is 0.259 e. The Labute approximate surface area is 150 Å². The predicted molar refractivity (Wildman–Crippen MR) is 97.6 cm³/mol. The topological polar surface area (TPSA) is 31.2 Å². The van der Waals surface area contributed by atoms with E-state index in [1.165, 1.54) is 10.6 Å². The largest absolute Gasteiger partial charge is 0.489 e. The van der Waals surface area contributed by atoms with Crippen LogP contribution in [0.25, 0.3) is 5.69 Å². The SMILES string of the molecule is Cc1cc(OCc2ccccc2)cc(=O)n1-c1c(Cl)cccc1Cl. The van der Waals surface area contributed by atoms with Crippen molar-refractivity contribution in [1.29, 1.82) is 0 Å². The van der Waals surface area contributed by atoms with Gasteiger partial charge in [-0.05, 0) is 24.6 Å². The van der Waals surface area contributed by atoms with E-state index in [1.807, 2.05) is 37.3 Å². The molecule has 0 aliphatic carbocycles. The van der Waals surface area contributed by atoms with E-state index in [-0.39, 0.29) is 5.56 Å². The number of aryl methyl sites for hydroxylation is 1. The van der Waals surface area contributed by atoms with Crippen molar-refractivity contribution in [3.8, 4) is 11.4 Å². The number of nitrogens with zero attached hydrogens (tertiary/aromatic N) is 1. The van der Waals surface area contributed by atoms with Crippen LogP contribution >= 0.6 is 23.2 Å². The first-order valence-corrected chi connectivity index (χ1v) is 8.16. The molecule has 1 heterocycles. The molecule has 1 aromatic heterocycles. The highest BCUT2D eigenvalue weighted by molar-refractivity contribution is 6.37. The Hall–Kier alpha value is -2.23. The summed E-state index contributed by atoms with van der Waals surface area (Å²) in [5.41, 5.74) is 1.97.